The fraction of sp³-hybridized carbons (Fsp3) is 0.409. The molecule has 2 aromatic rings. The summed E-state index contributed by atoms with van der Waals surface area (Å²) in [4.78, 5) is 17.1. The molecule has 0 saturated carbocycles. The van der Waals surface area contributed by atoms with Gasteiger partial charge in [0.25, 0.3) is 5.91 Å². The third-order valence-electron chi connectivity index (χ3n) is 5.52. The van der Waals surface area contributed by atoms with Gasteiger partial charge in [-0.25, -0.2) is 8.42 Å². The van der Waals surface area contributed by atoms with Crippen LogP contribution in [0.4, 0.5) is 5.69 Å². The normalized spacial score (nSPS) is 18.2. The number of anilines is 1. The Balaban J connectivity index is 1.61. The number of hydrogen-bond acceptors (Lipinski definition) is 6. The molecule has 0 aliphatic carbocycles. The van der Waals surface area contributed by atoms with Crippen molar-refractivity contribution in [2.75, 3.05) is 57.2 Å². The molecule has 160 valence electrons. The van der Waals surface area contributed by atoms with Gasteiger partial charge in [-0.2, -0.15) is 0 Å². The summed E-state index contributed by atoms with van der Waals surface area (Å²) in [5, 5.41) is 0. The molecule has 0 N–H and O–H groups in total. The first-order valence-corrected chi connectivity index (χ1v) is 11.9. The van der Waals surface area contributed by atoms with Crippen LogP contribution in [0.1, 0.15) is 5.56 Å². The third kappa shape index (κ3) is 4.73. The summed E-state index contributed by atoms with van der Waals surface area (Å²) in [6.07, 6.45) is 1.20. The van der Waals surface area contributed by atoms with E-state index in [0.717, 1.165) is 55.2 Å². The predicted octanol–water partition coefficient (Wildman–Crippen LogP) is 1.95. The highest BCUT2D eigenvalue weighted by atomic mass is 32.2. The van der Waals surface area contributed by atoms with E-state index in [4.69, 9.17) is 9.47 Å². The number of sulfone groups is 1. The van der Waals surface area contributed by atoms with Gasteiger partial charge in [0.05, 0.1) is 24.7 Å². The highest BCUT2D eigenvalue weighted by Gasteiger charge is 2.24. The highest BCUT2D eigenvalue weighted by molar-refractivity contribution is 7.90. The lowest BCUT2D eigenvalue weighted by Crippen LogP contribution is -2.43. The lowest BCUT2D eigenvalue weighted by molar-refractivity contribution is -0.123. The monoisotopic (exact) mass is 430 g/mol. The molecule has 1 fully saturated rings. The lowest BCUT2D eigenvalue weighted by Gasteiger charge is -2.30. The second kappa shape index (κ2) is 8.85. The fourth-order valence-corrected chi connectivity index (χ4v) is 4.41. The van der Waals surface area contributed by atoms with E-state index in [-0.39, 0.29) is 17.4 Å². The van der Waals surface area contributed by atoms with Crippen molar-refractivity contribution in [1.82, 2.24) is 4.90 Å². The second-order valence-electron chi connectivity index (χ2n) is 7.63. The van der Waals surface area contributed by atoms with Crippen LogP contribution in [0.2, 0.25) is 0 Å². The van der Waals surface area contributed by atoms with Gasteiger partial charge < -0.3 is 14.4 Å². The van der Waals surface area contributed by atoms with Crippen molar-refractivity contribution < 1.29 is 22.7 Å². The van der Waals surface area contributed by atoms with Crippen molar-refractivity contribution in [3.05, 3.63) is 48.0 Å². The summed E-state index contributed by atoms with van der Waals surface area (Å²) in [5.74, 6) is -0.0495. The molecular weight excluding hydrogens is 404 g/mol. The SMILES string of the molecule is CS(=O)(=O)c1ccc(-c2ccc3c(c2)N(CCN2CCOCC2)C(=O)COC3)cc1. The van der Waals surface area contributed by atoms with Crippen molar-refractivity contribution >= 4 is 21.4 Å². The maximum absolute atomic E-state index is 12.7. The molecule has 0 bridgehead atoms. The number of benzene rings is 2. The van der Waals surface area contributed by atoms with Gasteiger partial charge in [-0.05, 0) is 29.3 Å². The van der Waals surface area contributed by atoms with Crippen molar-refractivity contribution in [1.29, 1.82) is 0 Å². The molecule has 0 atom stereocenters. The number of carbonyl (C=O) groups is 1. The van der Waals surface area contributed by atoms with E-state index in [0.29, 0.717) is 13.2 Å². The smallest absolute Gasteiger partial charge is 0.253 e. The molecule has 8 heteroatoms. The Morgan fingerprint density at radius 3 is 2.30 bits per heavy atom. The van der Waals surface area contributed by atoms with Crippen LogP contribution in [-0.2, 0) is 30.7 Å². The van der Waals surface area contributed by atoms with Crippen LogP contribution in [0, 0.1) is 0 Å². The molecule has 4 rings (SSSR count). The Kier molecular flexibility index (Phi) is 6.19. The topological polar surface area (TPSA) is 76.2 Å². The van der Waals surface area contributed by atoms with E-state index in [1.807, 2.05) is 23.1 Å². The Morgan fingerprint density at radius 2 is 1.60 bits per heavy atom. The molecule has 2 aromatic carbocycles. The number of hydrogen-bond donors (Lipinski definition) is 0. The van der Waals surface area contributed by atoms with Crippen LogP contribution < -0.4 is 4.90 Å². The van der Waals surface area contributed by atoms with Gasteiger partial charge in [0, 0.05) is 43.7 Å². The van der Waals surface area contributed by atoms with Crippen LogP contribution in [0.15, 0.2) is 47.4 Å². The Morgan fingerprint density at radius 1 is 0.900 bits per heavy atom. The molecule has 0 spiro atoms. The number of amides is 1. The molecule has 0 aromatic heterocycles. The first-order valence-electron chi connectivity index (χ1n) is 10.0. The molecule has 2 aliphatic heterocycles. The largest absolute Gasteiger partial charge is 0.379 e. The zero-order valence-electron chi connectivity index (χ0n) is 17.0. The number of morpholine rings is 1. The van der Waals surface area contributed by atoms with Crippen molar-refractivity contribution in [2.45, 2.75) is 11.5 Å². The summed E-state index contributed by atoms with van der Waals surface area (Å²) >= 11 is 0. The first-order chi connectivity index (χ1) is 14.4. The minimum absolute atomic E-state index is 0.0495. The molecule has 2 heterocycles. The zero-order chi connectivity index (χ0) is 21.1. The lowest BCUT2D eigenvalue weighted by atomic mass is 10.0. The fourth-order valence-electron chi connectivity index (χ4n) is 3.78. The zero-order valence-corrected chi connectivity index (χ0v) is 17.9. The van der Waals surface area contributed by atoms with Gasteiger partial charge in [0.1, 0.15) is 6.61 Å². The van der Waals surface area contributed by atoms with E-state index in [9.17, 15) is 13.2 Å². The number of rotatable bonds is 5. The minimum atomic E-state index is -3.24. The summed E-state index contributed by atoms with van der Waals surface area (Å²) in [6, 6.07) is 12.8. The van der Waals surface area contributed by atoms with E-state index >= 15 is 0 Å². The number of ether oxygens (including phenoxy) is 2. The molecule has 7 nitrogen and oxygen atoms in total. The highest BCUT2D eigenvalue weighted by Crippen LogP contribution is 2.31. The van der Waals surface area contributed by atoms with Gasteiger partial charge in [-0.1, -0.05) is 24.3 Å². The molecule has 2 aliphatic rings. The van der Waals surface area contributed by atoms with Gasteiger partial charge in [-0.15, -0.1) is 0 Å². The molecule has 0 radical (unpaired) electrons. The van der Waals surface area contributed by atoms with Crippen LogP contribution in [-0.4, -0.2) is 71.5 Å². The van der Waals surface area contributed by atoms with Gasteiger partial charge >= 0.3 is 0 Å². The summed E-state index contributed by atoms with van der Waals surface area (Å²) in [6.45, 7) is 5.02. The van der Waals surface area contributed by atoms with E-state index < -0.39 is 9.84 Å². The summed E-state index contributed by atoms with van der Waals surface area (Å²) in [7, 11) is -3.24. The Hall–Kier alpha value is -2.26. The Bertz CT molecular complexity index is 1010. The number of nitrogens with zero attached hydrogens (tertiary/aromatic N) is 2. The average molecular weight is 431 g/mol. The molecule has 1 amide bonds. The van der Waals surface area contributed by atoms with Gasteiger partial charge in [0.2, 0.25) is 0 Å². The average Bonchev–Trinajstić information content (AvgIpc) is 2.90. The number of carbonyl (C=O) groups excluding carboxylic acids is 1. The van der Waals surface area contributed by atoms with E-state index in [2.05, 4.69) is 4.90 Å². The molecule has 0 unspecified atom stereocenters. The summed E-state index contributed by atoms with van der Waals surface area (Å²) in [5.41, 5.74) is 3.66. The van der Waals surface area contributed by atoms with Crippen molar-refractivity contribution in [3.8, 4) is 11.1 Å². The maximum atomic E-state index is 12.7. The second-order valence-corrected chi connectivity index (χ2v) is 9.65. The molecular formula is C22H26N2O5S. The van der Waals surface area contributed by atoms with Crippen LogP contribution in [0.5, 0.6) is 0 Å². The number of fused-ring (bicyclic) bond motifs is 1. The third-order valence-corrected chi connectivity index (χ3v) is 6.65. The van der Waals surface area contributed by atoms with Crippen LogP contribution in [0.25, 0.3) is 11.1 Å². The predicted molar refractivity (Wildman–Crippen MR) is 114 cm³/mol. The van der Waals surface area contributed by atoms with E-state index in [1.165, 1.54) is 6.26 Å². The quantitative estimate of drug-likeness (QED) is 0.722. The molecule has 1 saturated heterocycles. The van der Waals surface area contributed by atoms with Gasteiger partial charge in [0.15, 0.2) is 9.84 Å². The summed E-state index contributed by atoms with van der Waals surface area (Å²) < 4.78 is 34.4. The van der Waals surface area contributed by atoms with Crippen molar-refractivity contribution in [3.63, 3.8) is 0 Å². The Labute approximate surface area is 177 Å². The van der Waals surface area contributed by atoms with Crippen molar-refractivity contribution in [2.24, 2.45) is 0 Å². The first kappa shape index (κ1) is 21.0. The van der Waals surface area contributed by atoms with Crippen LogP contribution >= 0.6 is 0 Å². The maximum Gasteiger partial charge on any atom is 0.253 e. The van der Waals surface area contributed by atoms with E-state index in [1.54, 1.807) is 24.3 Å². The minimum Gasteiger partial charge on any atom is -0.379 e. The van der Waals surface area contributed by atoms with Crippen LogP contribution in [0.3, 0.4) is 0 Å². The standard InChI is InChI=1S/C22H26N2O5S/c1-30(26,27)20-6-4-17(5-7-20)18-2-3-19-15-29-16-22(25)24(21(19)14-18)9-8-23-10-12-28-13-11-23/h2-7,14H,8-13,15-16H2,1H3. The molecule has 30 heavy (non-hydrogen) atoms. The van der Waals surface area contributed by atoms with Gasteiger partial charge in [-0.3, -0.25) is 9.69 Å².